The first-order valence-electron chi connectivity index (χ1n) is 16.8. The molecule has 0 bridgehead atoms. The zero-order chi connectivity index (χ0) is 32.4. The normalized spacial score (nSPS) is 13.7. The molecule has 0 spiro atoms. The second-order valence-electron chi connectivity index (χ2n) is 13.7. The third-order valence-corrected chi connectivity index (χ3v) is 14.1. The van der Waals surface area contributed by atoms with Crippen molar-refractivity contribution in [1.29, 1.82) is 0 Å². The molecule has 49 heavy (non-hydrogen) atoms. The molecule has 0 saturated carbocycles. The van der Waals surface area contributed by atoms with E-state index in [9.17, 15) is 0 Å². The molecule has 1 nitrogen and oxygen atoms in total. The molecule has 0 fully saturated rings. The van der Waals surface area contributed by atoms with Crippen molar-refractivity contribution in [2.75, 3.05) is 4.90 Å². The fourth-order valence-corrected chi connectivity index (χ4v) is 11.8. The fourth-order valence-electron chi connectivity index (χ4n) is 8.38. The zero-order valence-corrected chi connectivity index (χ0v) is 29.4. The number of hydrogen-bond acceptors (Lipinski definition) is 4. The highest BCUT2D eigenvalue weighted by Gasteiger charge is 2.36. The van der Waals surface area contributed by atoms with Crippen LogP contribution in [0.4, 0.5) is 17.1 Å². The predicted octanol–water partition coefficient (Wildman–Crippen LogP) is 14.6. The Morgan fingerprint density at radius 2 is 1.02 bits per heavy atom. The van der Waals surface area contributed by atoms with E-state index in [0.29, 0.717) is 0 Å². The van der Waals surface area contributed by atoms with Crippen molar-refractivity contribution in [2.45, 2.75) is 19.3 Å². The van der Waals surface area contributed by atoms with E-state index in [2.05, 4.69) is 158 Å². The molecule has 232 valence electrons. The van der Waals surface area contributed by atoms with Crippen molar-refractivity contribution in [1.82, 2.24) is 0 Å². The maximum atomic E-state index is 2.52. The first kappa shape index (κ1) is 27.9. The topological polar surface area (TPSA) is 3.24 Å². The lowest BCUT2D eigenvalue weighted by molar-refractivity contribution is 0.660. The van der Waals surface area contributed by atoms with Crippen LogP contribution >= 0.6 is 34.0 Å². The molecule has 10 aromatic rings. The number of nitrogens with zero attached hydrogens (tertiary/aromatic N) is 1. The van der Waals surface area contributed by atoms with E-state index >= 15 is 0 Å². The molecule has 0 aliphatic heterocycles. The van der Waals surface area contributed by atoms with E-state index in [0.717, 1.165) is 0 Å². The second-order valence-corrected chi connectivity index (χ2v) is 16.9. The Balaban J connectivity index is 1.21. The highest BCUT2D eigenvalue weighted by Crippen LogP contribution is 2.53. The molecule has 1 aliphatic rings. The van der Waals surface area contributed by atoms with Crippen LogP contribution in [0, 0.1) is 0 Å². The van der Waals surface area contributed by atoms with E-state index in [-0.39, 0.29) is 5.41 Å². The molecule has 0 radical (unpaired) electrons. The van der Waals surface area contributed by atoms with Crippen LogP contribution in [0.15, 0.2) is 140 Å². The van der Waals surface area contributed by atoms with Gasteiger partial charge < -0.3 is 4.90 Å². The Bertz CT molecular complexity index is 2990. The van der Waals surface area contributed by atoms with Gasteiger partial charge in [-0.3, -0.25) is 0 Å². The summed E-state index contributed by atoms with van der Waals surface area (Å²) in [5.41, 5.74) is 8.98. The summed E-state index contributed by atoms with van der Waals surface area (Å²) >= 11 is 5.69. The van der Waals surface area contributed by atoms with Crippen LogP contribution in [0.25, 0.3) is 71.6 Å². The van der Waals surface area contributed by atoms with Crippen molar-refractivity contribution in [3.8, 4) is 11.1 Å². The van der Waals surface area contributed by atoms with Gasteiger partial charge in [-0.05, 0) is 82.9 Å². The Kier molecular flexibility index (Phi) is 5.71. The minimum Gasteiger partial charge on any atom is -0.309 e. The van der Waals surface area contributed by atoms with E-state index in [1.807, 2.05) is 34.0 Å². The van der Waals surface area contributed by atoms with Gasteiger partial charge in [0.25, 0.3) is 0 Å². The van der Waals surface area contributed by atoms with Crippen molar-refractivity contribution >= 4 is 112 Å². The standard InChI is InChI=1S/C45H29NS3/c1-45(2)34-14-6-3-10-28(34)29-20-18-27(25-35(29)45)46(26-19-21-39-33(24-26)30-11-4-7-16-37(30)47-39)36-15-9-13-32-43-41(49-44(32)36)23-22-40-42(43)31-12-5-8-17-38(31)48-40/h3-25H,1-2H3. The predicted molar refractivity (Wildman–Crippen MR) is 217 cm³/mol. The van der Waals surface area contributed by atoms with Gasteiger partial charge in [0, 0.05) is 72.6 Å². The van der Waals surface area contributed by atoms with Crippen LogP contribution < -0.4 is 4.90 Å². The average Bonchev–Trinajstić information content (AvgIpc) is 3.87. The lowest BCUT2D eigenvalue weighted by Crippen LogP contribution is -2.16. The van der Waals surface area contributed by atoms with Gasteiger partial charge in [0.1, 0.15) is 0 Å². The highest BCUT2D eigenvalue weighted by atomic mass is 32.1. The van der Waals surface area contributed by atoms with Crippen LogP contribution in [0.5, 0.6) is 0 Å². The smallest absolute Gasteiger partial charge is 0.0640 e. The molecule has 7 aromatic carbocycles. The summed E-state index contributed by atoms with van der Waals surface area (Å²) in [5, 5.41) is 8.07. The van der Waals surface area contributed by atoms with Crippen molar-refractivity contribution in [2.24, 2.45) is 0 Å². The highest BCUT2D eigenvalue weighted by molar-refractivity contribution is 7.28. The lowest BCUT2D eigenvalue weighted by atomic mass is 9.82. The first-order chi connectivity index (χ1) is 24.0. The quantitative estimate of drug-likeness (QED) is 0.180. The zero-order valence-electron chi connectivity index (χ0n) is 27.0. The van der Waals surface area contributed by atoms with Crippen LogP contribution in [-0.2, 0) is 5.41 Å². The third-order valence-electron chi connectivity index (χ3n) is 10.7. The minimum absolute atomic E-state index is 0.0869. The molecule has 1 aliphatic carbocycles. The first-order valence-corrected chi connectivity index (χ1v) is 19.2. The molecule has 11 rings (SSSR count). The fraction of sp³-hybridized carbons (Fsp3) is 0.0667. The van der Waals surface area contributed by atoms with Crippen molar-refractivity contribution in [3.05, 3.63) is 151 Å². The Morgan fingerprint density at radius 3 is 1.90 bits per heavy atom. The Hall–Kier alpha value is -5.00. The maximum absolute atomic E-state index is 2.52. The van der Waals surface area contributed by atoms with Crippen LogP contribution in [0.2, 0.25) is 0 Å². The van der Waals surface area contributed by atoms with E-state index in [1.54, 1.807) is 0 Å². The molecular formula is C45H29NS3. The van der Waals surface area contributed by atoms with Crippen LogP contribution in [0.1, 0.15) is 25.0 Å². The Labute approximate surface area is 295 Å². The number of anilines is 3. The van der Waals surface area contributed by atoms with Crippen LogP contribution in [0.3, 0.4) is 0 Å². The van der Waals surface area contributed by atoms with Gasteiger partial charge in [0.15, 0.2) is 0 Å². The van der Waals surface area contributed by atoms with E-state index in [4.69, 9.17) is 0 Å². The molecule has 3 aromatic heterocycles. The number of hydrogen-bond donors (Lipinski definition) is 0. The van der Waals surface area contributed by atoms with Gasteiger partial charge in [-0.2, -0.15) is 0 Å². The monoisotopic (exact) mass is 679 g/mol. The number of thiophene rings is 3. The molecule has 0 saturated heterocycles. The summed E-state index contributed by atoms with van der Waals surface area (Å²) in [4.78, 5) is 2.52. The molecule has 3 heterocycles. The summed E-state index contributed by atoms with van der Waals surface area (Å²) in [6.07, 6.45) is 0. The Morgan fingerprint density at radius 1 is 0.429 bits per heavy atom. The molecule has 0 amide bonds. The average molecular weight is 680 g/mol. The summed E-state index contributed by atoms with van der Waals surface area (Å²) in [5.74, 6) is 0. The summed E-state index contributed by atoms with van der Waals surface area (Å²) < 4.78 is 8.01. The summed E-state index contributed by atoms with van der Waals surface area (Å²) in [7, 11) is 0. The third kappa shape index (κ3) is 3.85. The van der Waals surface area contributed by atoms with Crippen LogP contribution in [-0.4, -0.2) is 0 Å². The van der Waals surface area contributed by atoms with Gasteiger partial charge in [-0.15, -0.1) is 34.0 Å². The molecule has 4 heteroatoms. The van der Waals surface area contributed by atoms with Gasteiger partial charge in [0.2, 0.25) is 0 Å². The van der Waals surface area contributed by atoms with Crippen molar-refractivity contribution < 1.29 is 0 Å². The summed E-state index contributed by atoms with van der Waals surface area (Å²) in [6.45, 7) is 4.75. The second kappa shape index (κ2) is 10.0. The van der Waals surface area contributed by atoms with Gasteiger partial charge >= 0.3 is 0 Å². The summed E-state index contributed by atoms with van der Waals surface area (Å²) in [6, 6.07) is 52.4. The maximum Gasteiger partial charge on any atom is 0.0640 e. The number of fused-ring (bicyclic) bond motifs is 13. The van der Waals surface area contributed by atoms with Crippen molar-refractivity contribution in [3.63, 3.8) is 0 Å². The molecule has 0 atom stereocenters. The largest absolute Gasteiger partial charge is 0.309 e. The SMILES string of the molecule is CC1(C)c2ccccc2-c2ccc(N(c3ccc4sc5ccccc5c4c3)c3cccc4c3sc3ccc5sc6ccccc6c5c34)cc21. The van der Waals surface area contributed by atoms with Gasteiger partial charge in [0.05, 0.1) is 10.4 Å². The number of rotatable bonds is 3. The van der Waals surface area contributed by atoms with E-state index < -0.39 is 0 Å². The van der Waals surface area contributed by atoms with E-state index in [1.165, 1.54) is 99.8 Å². The number of benzene rings is 7. The minimum atomic E-state index is -0.0869. The van der Waals surface area contributed by atoms with Gasteiger partial charge in [-0.25, -0.2) is 0 Å². The van der Waals surface area contributed by atoms with Gasteiger partial charge in [-0.1, -0.05) is 92.7 Å². The molecule has 0 unspecified atom stereocenters. The molecular weight excluding hydrogens is 651 g/mol. The lowest BCUT2D eigenvalue weighted by Gasteiger charge is -2.28. The molecule has 0 N–H and O–H groups in total.